The maximum absolute atomic E-state index is 6.58. The fourth-order valence-electron chi connectivity index (χ4n) is 9.85. The van der Waals surface area contributed by atoms with Crippen molar-refractivity contribution in [3.63, 3.8) is 0 Å². The molecule has 4 heteroatoms. The van der Waals surface area contributed by atoms with Gasteiger partial charge in [0.2, 0.25) is 0 Å². The Labute approximate surface area is 383 Å². The summed E-state index contributed by atoms with van der Waals surface area (Å²) in [5.41, 5.74) is 19.0. The number of nitrogens with zero attached hydrogens (tertiary/aromatic N) is 2. The summed E-state index contributed by atoms with van der Waals surface area (Å²) < 4.78 is 13.2. The van der Waals surface area contributed by atoms with Gasteiger partial charge in [0, 0.05) is 66.5 Å². The molecule has 0 N–H and O–H groups in total. The van der Waals surface area contributed by atoms with Gasteiger partial charge in [-0.25, -0.2) is 0 Å². The predicted molar refractivity (Wildman–Crippen MR) is 276 cm³/mol. The minimum atomic E-state index is 0.890. The van der Waals surface area contributed by atoms with Crippen LogP contribution in [0.1, 0.15) is 11.1 Å². The lowest BCUT2D eigenvalue weighted by Gasteiger charge is -2.30. The summed E-state index contributed by atoms with van der Waals surface area (Å²) in [6.07, 6.45) is 0. The van der Waals surface area contributed by atoms with Crippen molar-refractivity contribution in [1.82, 2.24) is 0 Å². The average Bonchev–Trinajstić information content (AvgIpc) is 3.95. The lowest BCUT2D eigenvalue weighted by molar-refractivity contribution is 0.669. The van der Waals surface area contributed by atoms with Gasteiger partial charge in [-0.1, -0.05) is 158 Å². The summed E-state index contributed by atoms with van der Waals surface area (Å²) in [4.78, 5) is 4.76. The van der Waals surface area contributed by atoms with Crippen molar-refractivity contribution < 1.29 is 8.83 Å². The fourth-order valence-corrected chi connectivity index (χ4v) is 9.85. The molecule has 2 aromatic heterocycles. The number of anilines is 6. The Kier molecular flexibility index (Phi) is 9.57. The van der Waals surface area contributed by atoms with E-state index in [2.05, 4.69) is 230 Å². The van der Waals surface area contributed by atoms with E-state index in [9.17, 15) is 0 Å². The third-order valence-corrected chi connectivity index (χ3v) is 12.9. The Morgan fingerprint density at radius 1 is 0.288 bits per heavy atom. The van der Waals surface area contributed by atoms with Crippen molar-refractivity contribution in [3.05, 3.63) is 242 Å². The van der Waals surface area contributed by atoms with Crippen molar-refractivity contribution in [2.45, 2.75) is 13.8 Å². The molecule has 0 saturated carbocycles. The van der Waals surface area contributed by atoms with Crippen LogP contribution in [0.2, 0.25) is 0 Å². The Morgan fingerprint density at radius 3 is 1.09 bits per heavy atom. The highest BCUT2D eigenvalue weighted by Crippen LogP contribution is 2.48. The zero-order chi connectivity index (χ0) is 44.1. The summed E-state index contributed by atoms with van der Waals surface area (Å²) >= 11 is 0. The Morgan fingerprint density at radius 2 is 0.652 bits per heavy atom. The van der Waals surface area contributed by atoms with Gasteiger partial charge in [-0.2, -0.15) is 0 Å². The van der Waals surface area contributed by atoms with Crippen LogP contribution >= 0.6 is 0 Å². The molecule has 4 nitrogen and oxygen atoms in total. The molecule has 0 amide bonds. The van der Waals surface area contributed by atoms with E-state index in [1.165, 1.54) is 0 Å². The number of rotatable bonds is 9. The maximum atomic E-state index is 6.58. The first-order valence-corrected chi connectivity index (χ1v) is 22.5. The van der Waals surface area contributed by atoms with Gasteiger partial charge in [0.05, 0.1) is 11.4 Å². The normalized spacial score (nSPS) is 11.5. The molecule has 0 unspecified atom stereocenters. The second-order valence-electron chi connectivity index (χ2n) is 16.9. The van der Waals surface area contributed by atoms with E-state index in [4.69, 9.17) is 8.83 Å². The fraction of sp³-hybridized carbons (Fsp3) is 0.0323. The number of furan rings is 2. The van der Waals surface area contributed by atoms with Crippen molar-refractivity contribution in [2.24, 2.45) is 0 Å². The van der Waals surface area contributed by atoms with E-state index >= 15 is 0 Å². The van der Waals surface area contributed by atoms with Gasteiger partial charge in [0.25, 0.3) is 0 Å². The molecule has 314 valence electrons. The third kappa shape index (κ3) is 6.62. The molecule has 12 aromatic rings. The summed E-state index contributed by atoms with van der Waals surface area (Å²) in [5.74, 6) is 0. The summed E-state index contributed by atoms with van der Waals surface area (Å²) in [6, 6.07) is 81.8. The minimum Gasteiger partial charge on any atom is -0.455 e. The number of fused-ring (bicyclic) bond motifs is 6. The van der Waals surface area contributed by atoms with E-state index < -0.39 is 0 Å². The molecule has 0 aliphatic heterocycles. The topological polar surface area (TPSA) is 32.8 Å². The molecule has 0 spiro atoms. The van der Waals surface area contributed by atoms with E-state index in [1.807, 2.05) is 24.3 Å². The van der Waals surface area contributed by atoms with Crippen LogP contribution in [0, 0.1) is 13.8 Å². The van der Waals surface area contributed by atoms with Gasteiger partial charge in [0.1, 0.15) is 22.3 Å². The van der Waals surface area contributed by atoms with Crippen LogP contribution in [0.4, 0.5) is 34.1 Å². The largest absolute Gasteiger partial charge is 0.455 e. The number of aryl methyl sites for hydroxylation is 2. The number of hydrogen-bond acceptors (Lipinski definition) is 4. The van der Waals surface area contributed by atoms with Crippen LogP contribution in [0.3, 0.4) is 0 Å². The molecule has 0 radical (unpaired) electrons. The first-order chi connectivity index (χ1) is 32.6. The first-order valence-electron chi connectivity index (χ1n) is 22.5. The molecule has 0 bridgehead atoms. The Balaban J connectivity index is 0.945. The highest BCUT2D eigenvalue weighted by molar-refractivity contribution is 6.12. The number of benzene rings is 10. The molecule has 0 aliphatic carbocycles. The van der Waals surface area contributed by atoms with Gasteiger partial charge in [0.15, 0.2) is 0 Å². The van der Waals surface area contributed by atoms with Crippen LogP contribution in [0.15, 0.2) is 239 Å². The van der Waals surface area contributed by atoms with Crippen LogP contribution in [0.25, 0.3) is 77.3 Å². The molecule has 10 aromatic carbocycles. The zero-order valence-corrected chi connectivity index (χ0v) is 36.7. The molecular weight excluding hydrogens is 805 g/mol. The van der Waals surface area contributed by atoms with Crippen LogP contribution in [0.5, 0.6) is 0 Å². The van der Waals surface area contributed by atoms with Gasteiger partial charge in [-0.15, -0.1) is 0 Å². The van der Waals surface area contributed by atoms with E-state index in [0.717, 1.165) is 123 Å². The van der Waals surface area contributed by atoms with Crippen molar-refractivity contribution in [2.75, 3.05) is 9.80 Å². The first kappa shape index (κ1) is 39.0. The Hall–Kier alpha value is -8.60. The molecule has 12 rings (SSSR count). The standard InChI is InChI=1S/C62H44N2O2/c1-41-39-43(35-37-55(41)63(45-19-5-3-6-20-45)57-31-13-9-23-47(57)51-27-17-29-53-49-25-11-15-33-59(49)65-61(51)53)44-36-38-56(42(2)40-44)64(46-21-7-4-8-22-46)58-32-14-10-24-48(58)52-28-18-30-54-50-26-12-16-34-60(50)66-62(52)54/h3-40H,1-2H3. The minimum absolute atomic E-state index is 0.890. The molecule has 0 fully saturated rings. The third-order valence-electron chi connectivity index (χ3n) is 12.9. The van der Waals surface area contributed by atoms with Gasteiger partial charge in [-0.05, 0) is 109 Å². The summed E-state index contributed by atoms with van der Waals surface area (Å²) in [7, 11) is 0. The molecule has 0 aliphatic rings. The molecular formula is C62H44N2O2. The van der Waals surface area contributed by atoms with Gasteiger partial charge in [-0.3, -0.25) is 0 Å². The lowest BCUT2D eigenvalue weighted by atomic mass is 9.96. The lowest BCUT2D eigenvalue weighted by Crippen LogP contribution is -2.13. The van der Waals surface area contributed by atoms with Crippen molar-refractivity contribution in [1.29, 1.82) is 0 Å². The van der Waals surface area contributed by atoms with Crippen LogP contribution in [-0.4, -0.2) is 0 Å². The van der Waals surface area contributed by atoms with Crippen LogP contribution in [-0.2, 0) is 0 Å². The monoisotopic (exact) mass is 848 g/mol. The predicted octanol–water partition coefficient (Wildman–Crippen LogP) is 18.0. The van der Waals surface area contributed by atoms with E-state index in [0.29, 0.717) is 0 Å². The van der Waals surface area contributed by atoms with Crippen LogP contribution < -0.4 is 9.80 Å². The number of hydrogen-bond donors (Lipinski definition) is 0. The van der Waals surface area contributed by atoms with Gasteiger partial charge >= 0.3 is 0 Å². The zero-order valence-electron chi connectivity index (χ0n) is 36.7. The second kappa shape index (κ2) is 16.2. The molecule has 0 atom stereocenters. The van der Waals surface area contributed by atoms with Crippen molar-refractivity contribution in [3.8, 4) is 33.4 Å². The summed E-state index contributed by atoms with van der Waals surface area (Å²) in [5, 5.41) is 4.47. The quantitative estimate of drug-likeness (QED) is 0.145. The summed E-state index contributed by atoms with van der Waals surface area (Å²) in [6.45, 7) is 4.43. The Bertz CT molecular complexity index is 3500. The highest BCUT2D eigenvalue weighted by atomic mass is 16.3. The molecule has 66 heavy (non-hydrogen) atoms. The number of para-hydroxylation sites is 8. The van der Waals surface area contributed by atoms with Crippen molar-refractivity contribution >= 4 is 78.0 Å². The van der Waals surface area contributed by atoms with E-state index in [1.54, 1.807) is 0 Å². The average molecular weight is 849 g/mol. The smallest absolute Gasteiger partial charge is 0.143 e. The molecule has 0 saturated heterocycles. The highest BCUT2D eigenvalue weighted by Gasteiger charge is 2.24. The maximum Gasteiger partial charge on any atom is 0.143 e. The molecule has 2 heterocycles. The van der Waals surface area contributed by atoms with Gasteiger partial charge < -0.3 is 18.6 Å². The second-order valence-corrected chi connectivity index (χ2v) is 16.9. The SMILES string of the molecule is Cc1cc(-c2ccc(N(c3ccccc3)c3ccccc3-c3cccc4c3oc3ccccc34)c(C)c2)ccc1N(c1ccccc1)c1ccccc1-c1cccc2c1oc1ccccc12. The van der Waals surface area contributed by atoms with E-state index in [-0.39, 0.29) is 0 Å².